The Labute approximate surface area is 197 Å². The minimum absolute atomic E-state index is 0.102. The number of halogens is 2. The molecule has 7 rings (SSSR count). The van der Waals surface area contributed by atoms with Crippen molar-refractivity contribution >= 4 is 11.8 Å². The molecular weight excluding hydrogens is 464 g/mol. The van der Waals surface area contributed by atoms with Crippen LogP contribution < -0.4 is 24.8 Å². The molecule has 35 heavy (non-hydrogen) atoms. The number of nitrogens with one attached hydrogen (secondary N) is 2. The molecule has 2 bridgehead atoms. The van der Waals surface area contributed by atoms with Crippen LogP contribution in [-0.4, -0.2) is 40.8 Å². The van der Waals surface area contributed by atoms with Gasteiger partial charge >= 0.3 is 6.29 Å². The molecule has 2 amide bonds. The Kier molecular flexibility index (Phi) is 4.54. The van der Waals surface area contributed by atoms with Crippen LogP contribution in [0.1, 0.15) is 29.8 Å². The van der Waals surface area contributed by atoms with Crippen molar-refractivity contribution in [3.8, 4) is 28.7 Å². The van der Waals surface area contributed by atoms with E-state index >= 15 is 0 Å². The topological polar surface area (TPSA) is 112 Å². The third-order valence-electron chi connectivity index (χ3n) is 6.31. The predicted octanol–water partition coefficient (Wildman–Crippen LogP) is 3.26. The van der Waals surface area contributed by atoms with Gasteiger partial charge in [0.2, 0.25) is 11.7 Å². The highest BCUT2D eigenvalue weighted by Gasteiger charge is 2.69. The highest BCUT2D eigenvalue weighted by atomic mass is 19.3. The number of hydrogen-bond acceptors (Lipinski definition) is 7. The van der Waals surface area contributed by atoms with Gasteiger partial charge in [0, 0.05) is 22.7 Å². The average molecular weight is 483 g/mol. The molecule has 0 unspecified atom stereocenters. The number of nitrogens with zero attached hydrogens (tertiary/aromatic N) is 1. The number of benzene rings is 2. The summed E-state index contributed by atoms with van der Waals surface area (Å²) in [6.07, 6.45) is -0.538. The Balaban J connectivity index is 0.979. The van der Waals surface area contributed by atoms with Gasteiger partial charge in [0.05, 0.1) is 6.20 Å². The maximum Gasteiger partial charge on any atom is 0.586 e. The Morgan fingerprint density at radius 3 is 2.46 bits per heavy atom. The molecule has 180 valence electrons. The third kappa shape index (κ3) is 3.92. The molecule has 3 saturated carbocycles. The van der Waals surface area contributed by atoms with Crippen LogP contribution in [-0.2, 0) is 4.79 Å². The van der Waals surface area contributed by atoms with E-state index in [9.17, 15) is 18.4 Å². The number of carbonyl (C=O) groups excluding carboxylic acids is 2. The van der Waals surface area contributed by atoms with E-state index in [4.69, 9.17) is 9.15 Å². The smallest absolute Gasteiger partial charge is 0.484 e. The molecule has 3 fully saturated rings. The quantitative estimate of drug-likeness (QED) is 0.531. The Morgan fingerprint density at radius 2 is 1.69 bits per heavy atom. The highest BCUT2D eigenvalue weighted by Crippen LogP contribution is 2.60. The van der Waals surface area contributed by atoms with Crippen molar-refractivity contribution < 1.29 is 37.0 Å². The summed E-state index contributed by atoms with van der Waals surface area (Å²) in [6, 6.07) is 13.2. The molecule has 0 spiro atoms. The second-order valence-corrected chi connectivity index (χ2v) is 9.05. The van der Waals surface area contributed by atoms with E-state index in [-0.39, 0.29) is 52.5 Å². The molecule has 2 heterocycles. The first-order valence-corrected chi connectivity index (χ1v) is 10.9. The van der Waals surface area contributed by atoms with E-state index in [2.05, 4.69) is 25.1 Å². The molecule has 9 nitrogen and oxygen atoms in total. The largest absolute Gasteiger partial charge is 0.586 e. The number of aromatic nitrogens is 1. The van der Waals surface area contributed by atoms with Gasteiger partial charge in [0.15, 0.2) is 18.1 Å². The normalized spacial score (nSPS) is 24.6. The van der Waals surface area contributed by atoms with E-state index in [0.717, 1.165) is 5.56 Å². The number of fused-ring (bicyclic) bond motifs is 1. The summed E-state index contributed by atoms with van der Waals surface area (Å²) in [6.45, 7) is -0.294. The van der Waals surface area contributed by atoms with Gasteiger partial charge in [-0.15, -0.1) is 8.78 Å². The molecule has 3 aromatic rings. The lowest BCUT2D eigenvalue weighted by atomic mass is 9.44. The summed E-state index contributed by atoms with van der Waals surface area (Å²) < 4.78 is 45.9. The molecule has 11 heteroatoms. The minimum atomic E-state index is -3.72. The zero-order valence-electron chi connectivity index (χ0n) is 18.2. The van der Waals surface area contributed by atoms with Gasteiger partial charge in [-0.25, -0.2) is 4.98 Å². The number of carbonyl (C=O) groups is 2. The Morgan fingerprint density at radius 1 is 0.971 bits per heavy atom. The fourth-order valence-corrected chi connectivity index (χ4v) is 4.95. The lowest BCUT2D eigenvalue weighted by Crippen LogP contribution is -2.84. The molecule has 2 aromatic carbocycles. The number of ether oxygens (including phenoxy) is 3. The summed E-state index contributed by atoms with van der Waals surface area (Å²) in [5.41, 5.74) is 0.00835. The van der Waals surface area contributed by atoms with Crippen LogP contribution in [0.4, 0.5) is 8.78 Å². The van der Waals surface area contributed by atoms with Crippen LogP contribution in [0.3, 0.4) is 0 Å². The van der Waals surface area contributed by atoms with Crippen molar-refractivity contribution in [2.45, 2.75) is 36.6 Å². The van der Waals surface area contributed by atoms with Crippen molar-refractivity contribution in [3.05, 3.63) is 60.5 Å². The van der Waals surface area contributed by atoms with Gasteiger partial charge in [-0.1, -0.05) is 18.2 Å². The standard InChI is InChI=1S/C24H19F2N3O6/c25-24(26)34-16-7-6-15(8-17(16)35-24)32-10-19(30)28-22-11-23(12-22,13-22)29-20(31)18-9-27-21(33-18)14-4-2-1-3-5-14/h1-9H,10-13H2,(H,28,30)(H,29,31). The zero-order chi connectivity index (χ0) is 24.3. The first-order valence-electron chi connectivity index (χ1n) is 10.9. The zero-order valence-corrected chi connectivity index (χ0v) is 18.2. The van der Waals surface area contributed by atoms with E-state index in [1.165, 1.54) is 24.4 Å². The van der Waals surface area contributed by atoms with Crippen LogP contribution in [0.2, 0.25) is 0 Å². The van der Waals surface area contributed by atoms with Crippen molar-refractivity contribution in [2.24, 2.45) is 0 Å². The van der Waals surface area contributed by atoms with Crippen LogP contribution in [0.25, 0.3) is 11.5 Å². The van der Waals surface area contributed by atoms with Gasteiger partial charge in [0.1, 0.15) is 5.75 Å². The van der Waals surface area contributed by atoms with E-state index < -0.39 is 6.29 Å². The van der Waals surface area contributed by atoms with Gasteiger partial charge < -0.3 is 29.3 Å². The van der Waals surface area contributed by atoms with Gasteiger partial charge in [-0.05, 0) is 43.5 Å². The van der Waals surface area contributed by atoms with Crippen molar-refractivity contribution in [1.29, 1.82) is 0 Å². The predicted molar refractivity (Wildman–Crippen MR) is 115 cm³/mol. The van der Waals surface area contributed by atoms with Gasteiger partial charge in [0.25, 0.3) is 11.8 Å². The number of rotatable bonds is 7. The molecular formula is C24H19F2N3O6. The lowest BCUT2D eigenvalue weighted by molar-refractivity contribution is -0.286. The fraction of sp³-hybridized carbons (Fsp3) is 0.292. The number of hydrogen-bond donors (Lipinski definition) is 2. The lowest BCUT2D eigenvalue weighted by Gasteiger charge is -2.70. The molecule has 1 aliphatic heterocycles. The van der Waals surface area contributed by atoms with Crippen LogP contribution in [0, 0.1) is 0 Å². The number of alkyl halides is 2. The molecule has 2 N–H and O–H groups in total. The molecule has 0 radical (unpaired) electrons. The second kappa shape index (κ2) is 7.42. The SMILES string of the molecule is O=C(COc1ccc2c(c1)OC(F)(F)O2)NC12CC(NC(=O)c3cnc(-c4ccccc4)o3)(C1)C2. The fourth-order valence-electron chi connectivity index (χ4n) is 4.95. The van der Waals surface area contributed by atoms with Gasteiger partial charge in [-0.2, -0.15) is 0 Å². The Hall–Kier alpha value is -4.15. The summed E-state index contributed by atoms with van der Waals surface area (Å²) >= 11 is 0. The number of oxazole rings is 1. The molecule has 0 atom stereocenters. The summed E-state index contributed by atoms with van der Waals surface area (Å²) in [7, 11) is 0. The Bertz CT molecular complexity index is 1310. The average Bonchev–Trinajstić information content (AvgIpc) is 3.39. The molecule has 3 aliphatic carbocycles. The van der Waals surface area contributed by atoms with Crippen molar-refractivity contribution in [3.63, 3.8) is 0 Å². The molecule has 1 aromatic heterocycles. The number of amides is 2. The van der Waals surface area contributed by atoms with E-state index in [1.807, 2.05) is 30.3 Å². The van der Waals surface area contributed by atoms with E-state index in [0.29, 0.717) is 25.2 Å². The third-order valence-corrected chi connectivity index (χ3v) is 6.31. The van der Waals surface area contributed by atoms with Crippen molar-refractivity contribution in [1.82, 2.24) is 15.6 Å². The molecule has 0 saturated heterocycles. The molecule has 4 aliphatic rings. The van der Waals surface area contributed by atoms with E-state index in [1.54, 1.807) is 0 Å². The summed E-state index contributed by atoms with van der Waals surface area (Å²) in [5, 5.41) is 5.91. The summed E-state index contributed by atoms with van der Waals surface area (Å²) in [5.74, 6) is -0.271. The van der Waals surface area contributed by atoms with Crippen LogP contribution >= 0.6 is 0 Å². The van der Waals surface area contributed by atoms with Crippen molar-refractivity contribution in [2.75, 3.05) is 6.61 Å². The van der Waals surface area contributed by atoms with Crippen LogP contribution in [0.15, 0.2) is 59.1 Å². The first kappa shape index (κ1) is 21.4. The van der Waals surface area contributed by atoms with Gasteiger partial charge in [-0.3, -0.25) is 9.59 Å². The minimum Gasteiger partial charge on any atom is -0.484 e. The first-order chi connectivity index (χ1) is 16.7. The van der Waals surface area contributed by atoms with Crippen LogP contribution in [0.5, 0.6) is 17.2 Å². The monoisotopic (exact) mass is 483 g/mol. The summed E-state index contributed by atoms with van der Waals surface area (Å²) in [4.78, 5) is 29.1. The second-order valence-electron chi connectivity index (χ2n) is 9.05. The highest BCUT2D eigenvalue weighted by molar-refractivity contribution is 5.92. The maximum absolute atomic E-state index is 13.1. The maximum atomic E-state index is 13.1.